The van der Waals surface area contributed by atoms with Crippen molar-refractivity contribution in [1.82, 2.24) is 20.9 Å². The standard InChI is InChI=1S/C23H35N3O5.C13H22N2O3.C5H12O.C4H10N2O/c1-6-21(29)31-14-17-8-10-18(11-9-17)25-20(28)13-24-23(30)22(16(4)5)26-19(27)12-7-15(2)3;1-9(2)10-8-12(17)15(13(10)18)7-5-3-4-6-11(14)16;1-5(2)3-4-6;1-2-3-6-4(5)7/h8-11,15-16,22H,6-7,12-14H2,1-5H3,(H,24,30)(H,25,28)(H,26,27);9-10H,3-8H2,1-2H3,(H2,14,16);5-6H,3-4H2,1-2H3;2-3H2,1H3,(H3,5,6,7). The predicted octanol–water partition coefficient (Wildman–Crippen LogP) is 4.92. The van der Waals surface area contributed by atoms with E-state index in [4.69, 9.17) is 21.3 Å². The highest BCUT2D eigenvalue weighted by molar-refractivity contribution is 6.03. The number of nitrogens with zero attached hydrogens (tertiary/aromatic N) is 1. The minimum atomic E-state index is -0.697. The quantitative estimate of drug-likeness (QED) is 0.0443. The van der Waals surface area contributed by atoms with Crippen molar-refractivity contribution in [3.05, 3.63) is 29.8 Å². The number of anilines is 1. The van der Waals surface area contributed by atoms with E-state index in [1.165, 1.54) is 4.90 Å². The Kier molecular flexibility index (Phi) is 32.9. The lowest BCUT2D eigenvalue weighted by Gasteiger charge is -2.22. The predicted molar refractivity (Wildman–Crippen MR) is 241 cm³/mol. The molecule has 0 radical (unpaired) electrons. The second kappa shape index (κ2) is 34.5. The van der Waals surface area contributed by atoms with Crippen LogP contribution in [0.5, 0.6) is 0 Å². The number of primary amides is 2. The number of rotatable bonds is 23. The van der Waals surface area contributed by atoms with Gasteiger partial charge in [0, 0.05) is 57.0 Å². The number of benzene rings is 1. The number of amides is 8. The third-order valence-corrected chi connectivity index (χ3v) is 9.21. The van der Waals surface area contributed by atoms with E-state index < -0.39 is 18.0 Å². The van der Waals surface area contributed by atoms with Crippen molar-refractivity contribution in [3.8, 4) is 0 Å². The van der Waals surface area contributed by atoms with Gasteiger partial charge in [0.2, 0.25) is 35.4 Å². The van der Waals surface area contributed by atoms with Crippen LogP contribution < -0.4 is 32.7 Å². The number of unbranched alkanes of at least 4 members (excludes halogenated alkanes) is 2. The molecule has 2 rings (SSSR count). The molecule has 1 heterocycles. The molecule has 9 N–H and O–H groups in total. The summed E-state index contributed by atoms with van der Waals surface area (Å²) in [6.07, 6.45) is 6.29. The van der Waals surface area contributed by atoms with E-state index in [0.717, 1.165) is 44.1 Å². The van der Waals surface area contributed by atoms with Gasteiger partial charge >= 0.3 is 12.0 Å². The van der Waals surface area contributed by atoms with Crippen LogP contribution in [0.1, 0.15) is 139 Å². The number of imide groups is 1. The second-order valence-corrected chi connectivity index (χ2v) is 16.6. The fraction of sp³-hybridized carbons (Fsp3) is 0.689. The van der Waals surface area contributed by atoms with Crippen molar-refractivity contribution in [1.29, 1.82) is 0 Å². The molecule has 1 aromatic carbocycles. The molecule has 0 aromatic heterocycles. The van der Waals surface area contributed by atoms with Gasteiger partial charge in [-0.05, 0) is 73.5 Å². The van der Waals surface area contributed by atoms with Gasteiger partial charge in [-0.3, -0.25) is 38.5 Å². The van der Waals surface area contributed by atoms with Crippen LogP contribution >= 0.6 is 0 Å². The molecule has 17 heteroatoms. The van der Waals surface area contributed by atoms with Crippen molar-refractivity contribution in [2.75, 3.05) is 31.6 Å². The first-order valence-electron chi connectivity index (χ1n) is 22.0. The number of hydrogen-bond donors (Lipinski definition) is 7. The molecule has 62 heavy (non-hydrogen) atoms. The zero-order chi connectivity index (χ0) is 47.8. The number of aliphatic hydroxyl groups excluding tert-OH is 1. The summed E-state index contributed by atoms with van der Waals surface area (Å²) in [6, 6.07) is 5.75. The summed E-state index contributed by atoms with van der Waals surface area (Å²) in [5.41, 5.74) is 11.1. The Bertz CT molecular complexity index is 1500. The molecule has 17 nitrogen and oxygen atoms in total. The average Bonchev–Trinajstić information content (AvgIpc) is 3.49. The monoisotopic (exact) mass is 878 g/mol. The normalized spacial score (nSPS) is 13.5. The van der Waals surface area contributed by atoms with Gasteiger partial charge in [0.25, 0.3) is 0 Å². The molecule has 1 aliphatic rings. The van der Waals surface area contributed by atoms with Gasteiger partial charge in [-0.25, -0.2) is 4.79 Å². The number of ether oxygens (including phenoxy) is 1. The summed E-state index contributed by atoms with van der Waals surface area (Å²) in [5, 5.41) is 18.7. The smallest absolute Gasteiger partial charge is 0.312 e. The zero-order valence-corrected chi connectivity index (χ0v) is 39.1. The second-order valence-electron chi connectivity index (χ2n) is 16.6. The summed E-state index contributed by atoms with van der Waals surface area (Å²) in [5.74, 6) is -0.619. The van der Waals surface area contributed by atoms with Gasteiger partial charge in [-0.2, -0.15) is 0 Å². The van der Waals surface area contributed by atoms with E-state index in [1.54, 1.807) is 31.2 Å². The van der Waals surface area contributed by atoms with Gasteiger partial charge in [-0.15, -0.1) is 0 Å². The molecule has 2 unspecified atom stereocenters. The Labute approximate surface area is 370 Å². The Morgan fingerprint density at radius 2 is 1.44 bits per heavy atom. The summed E-state index contributed by atoms with van der Waals surface area (Å²) < 4.78 is 5.06. The van der Waals surface area contributed by atoms with Crippen LogP contribution in [0.25, 0.3) is 0 Å². The summed E-state index contributed by atoms with van der Waals surface area (Å²) in [7, 11) is 0. The lowest BCUT2D eigenvalue weighted by Crippen LogP contribution is -2.51. The number of hydrogen-bond acceptors (Lipinski definition) is 10. The molecule has 1 fully saturated rings. The van der Waals surface area contributed by atoms with Crippen molar-refractivity contribution in [2.24, 2.45) is 41.1 Å². The fourth-order valence-electron chi connectivity index (χ4n) is 5.35. The maximum absolute atomic E-state index is 12.5. The first kappa shape index (κ1) is 59.0. The molecule has 1 aromatic rings. The molecule has 0 saturated carbocycles. The number of carbonyl (C=O) groups is 8. The lowest BCUT2D eigenvalue weighted by molar-refractivity contribution is -0.144. The minimum Gasteiger partial charge on any atom is -0.461 e. The van der Waals surface area contributed by atoms with E-state index in [-0.39, 0.29) is 66.4 Å². The Morgan fingerprint density at radius 3 is 1.87 bits per heavy atom. The molecule has 0 spiro atoms. The molecule has 0 bridgehead atoms. The van der Waals surface area contributed by atoms with Crippen LogP contribution in [-0.4, -0.2) is 89.7 Å². The molecule has 1 saturated heterocycles. The van der Waals surface area contributed by atoms with Gasteiger partial charge < -0.3 is 42.6 Å². The van der Waals surface area contributed by atoms with Crippen molar-refractivity contribution in [2.45, 2.75) is 146 Å². The number of aliphatic hydroxyl groups is 1. The first-order valence-corrected chi connectivity index (χ1v) is 22.0. The summed E-state index contributed by atoms with van der Waals surface area (Å²) in [6.45, 7) is 21.0. The largest absolute Gasteiger partial charge is 0.461 e. The van der Waals surface area contributed by atoms with E-state index in [1.807, 2.05) is 48.5 Å². The summed E-state index contributed by atoms with van der Waals surface area (Å²) in [4.78, 5) is 93.3. The van der Waals surface area contributed by atoms with Crippen LogP contribution in [0.4, 0.5) is 10.5 Å². The van der Waals surface area contributed by atoms with Crippen LogP contribution in [-0.2, 0) is 44.9 Å². The zero-order valence-electron chi connectivity index (χ0n) is 39.1. The van der Waals surface area contributed by atoms with E-state index in [2.05, 4.69) is 35.1 Å². The SMILES string of the molecule is CC(C)C1CC(=O)N(CCCCCC(N)=O)C1=O.CC(C)CCO.CCC(=O)OCc1ccc(NC(=O)CNC(=O)C(NC(=O)CCC(C)C)C(C)C)cc1.CCCNC(N)=O. The van der Waals surface area contributed by atoms with Gasteiger partial charge in [0.15, 0.2) is 0 Å². The molecule has 2 atom stereocenters. The first-order chi connectivity index (χ1) is 29.1. The highest BCUT2D eigenvalue weighted by atomic mass is 16.5. The average molecular weight is 878 g/mol. The van der Waals surface area contributed by atoms with Crippen LogP contribution in [0, 0.1) is 29.6 Å². The van der Waals surface area contributed by atoms with Crippen LogP contribution in [0.2, 0.25) is 0 Å². The molecule has 0 aliphatic carbocycles. The Balaban J connectivity index is 0. The maximum atomic E-state index is 12.5. The van der Waals surface area contributed by atoms with Gasteiger partial charge in [0.1, 0.15) is 12.6 Å². The highest BCUT2D eigenvalue weighted by Gasteiger charge is 2.39. The number of carbonyl (C=O) groups excluding carboxylic acids is 8. The number of nitrogens with two attached hydrogens (primary N) is 2. The van der Waals surface area contributed by atoms with E-state index >= 15 is 0 Å². The third kappa shape index (κ3) is 30.0. The number of likely N-dealkylation sites (tertiary alicyclic amines) is 1. The van der Waals surface area contributed by atoms with Crippen LogP contribution in [0.3, 0.4) is 0 Å². The molecule has 8 amide bonds. The molecular weight excluding hydrogens is 799 g/mol. The lowest BCUT2D eigenvalue weighted by atomic mass is 9.94. The third-order valence-electron chi connectivity index (χ3n) is 9.21. The molecule has 354 valence electrons. The Hall–Kier alpha value is -5.06. The van der Waals surface area contributed by atoms with Gasteiger partial charge in [0.05, 0.1) is 6.54 Å². The highest BCUT2D eigenvalue weighted by Crippen LogP contribution is 2.26. The topological polar surface area (TPSA) is 269 Å². The maximum Gasteiger partial charge on any atom is 0.312 e. The number of urea groups is 1. The Morgan fingerprint density at radius 1 is 0.823 bits per heavy atom. The molecule has 1 aliphatic heterocycles. The van der Waals surface area contributed by atoms with E-state index in [9.17, 15) is 38.4 Å². The van der Waals surface area contributed by atoms with Crippen molar-refractivity contribution in [3.63, 3.8) is 0 Å². The van der Waals surface area contributed by atoms with Crippen molar-refractivity contribution < 1.29 is 48.2 Å². The summed E-state index contributed by atoms with van der Waals surface area (Å²) >= 11 is 0. The van der Waals surface area contributed by atoms with Crippen LogP contribution in [0.15, 0.2) is 24.3 Å². The van der Waals surface area contributed by atoms with E-state index in [0.29, 0.717) is 62.9 Å². The van der Waals surface area contributed by atoms with Gasteiger partial charge in [-0.1, -0.05) is 87.8 Å². The molecular formula is C45H79N7O10. The fourth-order valence-corrected chi connectivity index (χ4v) is 5.35. The number of esters is 1. The minimum absolute atomic E-state index is 0.0371. The number of nitrogens with one attached hydrogen (secondary N) is 4. The van der Waals surface area contributed by atoms with Crippen molar-refractivity contribution >= 4 is 53.1 Å².